The quantitative estimate of drug-likeness (QED) is 0.456. The molecule has 36 valence electrons. The van der Waals surface area contributed by atoms with Gasteiger partial charge >= 0.3 is 0 Å². The standard InChI is InChI=1S/C5H6NP/c7-6-5-3-1-2-4-5/h1-5,7H/p+1. The molecule has 7 heavy (non-hydrogen) atoms. The van der Waals surface area contributed by atoms with Gasteiger partial charge in [0.15, 0.2) is 9.03 Å². The van der Waals surface area contributed by atoms with Crippen molar-refractivity contribution in [2.24, 2.45) is 4.74 Å². The van der Waals surface area contributed by atoms with Crippen LogP contribution in [0.25, 0.3) is 0 Å². The zero-order valence-electron chi connectivity index (χ0n) is 3.91. The van der Waals surface area contributed by atoms with E-state index in [1.165, 1.54) is 0 Å². The molecule has 0 aliphatic heterocycles. The van der Waals surface area contributed by atoms with Gasteiger partial charge in [-0.1, -0.05) is 24.3 Å². The molecule has 0 aromatic rings. The zero-order chi connectivity index (χ0) is 5.11. The molecule has 0 amide bonds. The van der Waals surface area contributed by atoms with Crippen LogP contribution in [0.5, 0.6) is 0 Å². The van der Waals surface area contributed by atoms with Crippen molar-refractivity contribution in [3.8, 4) is 0 Å². The molecular formula is C5H7NP+. The Hall–Kier alpha value is -0.420. The summed E-state index contributed by atoms with van der Waals surface area (Å²) in [7, 11) is 2.35. The third kappa shape index (κ3) is 0.971. The van der Waals surface area contributed by atoms with E-state index in [-0.39, 0.29) is 0 Å². The van der Waals surface area contributed by atoms with E-state index >= 15 is 0 Å². The minimum Gasteiger partial charge on any atom is -0.104 e. The van der Waals surface area contributed by atoms with E-state index in [1.807, 2.05) is 24.3 Å². The van der Waals surface area contributed by atoms with Gasteiger partial charge in [0.1, 0.15) is 6.04 Å². The maximum absolute atomic E-state index is 3.93. The van der Waals surface area contributed by atoms with Crippen LogP contribution in [-0.4, -0.2) is 6.04 Å². The van der Waals surface area contributed by atoms with Crippen LogP contribution in [0.2, 0.25) is 0 Å². The molecule has 0 aromatic carbocycles. The number of hydrogen-bond acceptors (Lipinski definition) is 1. The largest absolute Gasteiger partial charge is 0.172 e. The van der Waals surface area contributed by atoms with Crippen molar-refractivity contribution in [1.82, 2.24) is 0 Å². The fourth-order valence-corrected chi connectivity index (χ4v) is 0.718. The fraction of sp³-hybridized carbons (Fsp3) is 0.200. The summed E-state index contributed by atoms with van der Waals surface area (Å²) < 4.78 is 3.93. The minimum atomic E-state index is 0.324. The molecule has 0 aromatic heterocycles. The molecule has 0 heterocycles. The second-order valence-electron chi connectivity index (χ2n) is 1.41. The fourth-order valence-electron chi connectivity index (χ4n) is 0.520. The van der Waals surface area contributed by atoms with Gasteiger partial charge in [-0.3, -0.25) is 0 Å². The lowest BCUT2D eigenvalue weighted by molar-refractivity contribution is 1.07. The summed E-state index contributed by atoms with van der Waals surface area (Å²) >= 11 is 0. The Morgan fingerprint density at radius 3 is 2.14 bits per heavy atom. The Bertz CT molecular complexity index is 114. The number of hydrogen-bond donors (Lipinski definition) is 0. The molecule has 0 N–H and O–H groups in total. The molecule has 1 atom stereocenters. The first-order chi connectivity index (χ1) is 3.43. The Labute approximate surface area is 45.0 Å². The Kier molecular flexibility index (Phi) is 1.38. The molecule has 0 saturated heterocycles. The van der Waals surface area contributed by atoms with Gasteiger partial charge in [-0.25, -0.2) is 0 Å². The topological polar surface area (TPSA) is 12.4 Å². The van der Waals surface area contributed by atoms with Gasteiger partial charge in [0, 0.05) is 0 Å². The molecule has 0 spiro atoms. The van der Waals surface area contributed by atoms with E-state index < -0.39 is 0 Å². The van der Waals surface area contributed by atoms with Gasteiger partial charge in [0.05, 0.1) is 0 Å². The molecule has 0 fully saturated rings. The maximum Gasteiger partial charge on any atom is 0.172 e. The lowest BCUT2D eigenvalue weighted by Crippen LogP contribution is -1.84. The Balaban J connectivity index is 2.59. The van der Waals surface area contributed by atoms with Crippen LogP contribution in [-0.2, 0) is 0 Å². The molecule has 0 saturated carbocycles. The van der Waals surface area contributed by atoms with Crippen LogP contribution < -0.4 is 0 Å². The van der Waals surface area contributed by atoms with Crippen molar-refractivity contribution < 1.29 is 0 Å². The molecule has 1 aliphatic rings. The van der Waals surface area contributed by atoms with Crippen LogP contribution in [0.4, 0.5) is 0 Å². The van der Waals surface area contributed by atoms with E-state index in [2.05, 4.69) is 13.8 Å². The minimum absolute atomic E-state index is 0.324. The Morgan fingerprint density at radius 1 is 1.29 bits per heavy atom. The van der Waals surface area contributed by atoms with Crippen molar-refractivity contribution >= 4 is 9.03 Å². The smallest absolute Gasteiger partial charge is 0.104 e. The molecule has 2 heteroatoms. The van der Waals surface area contributed by atoms with Crippen LogP contribution in [0, 0.1) is 0 Å². The van der Waals surface area contributed by atoms with Crippen LogP contribution in [0.15, 0.2) is 29.0 Å². The molecule has 0 bridgehead atoms. The van der Waals surface area contributed by atoms with E-state index in [0.717, 1.165) is 0 Å². The molecule has 1 unspecified atom stereocenters. The lowest BCUT2D eigenvalue weighted by Gasteiger charge is -1.82. The van der Waals surface area contributed by atoms with Crippen molar-refractivity contribution in [1.29, 1.82) is 0 Å². The monoisotopic (exact) mass is 112 g/mol. The van der Waals surface area contributed by atoms with Gasteiger partial charge < -0.3 is 0 Å². The van der Waals surface area contributed by atoms with Crippen molar-refractivity contribution in [3.05, 3.63) is 24.3 Å². The van der Waals surface area contributed by atoms with Gasteiger partial charge in [-0.2, -0.15) is 0 Å². The predicted molar refractivity (Wildman–Crippen MR) is 34.2 cm³/mol. The Morgan fingerprint density at radius 2 is 1.86 bits per heavy atom. The summed E-state index contributed by atoms with van der Waals surface area (Å²) in [6, 6.07) is 0.324. The van der Waals surface area contributed by atoms with Crippen molar-refractivity contribution in [3.63, 3.8) is 0 Å². The number of allylic oxidation sites excluding steroid dienone is 2. The zero-order valence-corrected chi connectivity index (χ0v) is 5.07. The summed E-state index contributed by atoms with van der Waals surface area (Å²) in [5, 5.41) is 0. The predicted octanol–water partition coefficient (Wildman–Crippen LogP) is 1.54. The molecule has 1 aliphatic carbocycles. The highest BCUT2D eigenvalue weighted by atomic mass is 31.0. The van der Waals surface area contributed by atoms with Gasteiger partial charge in [0.2, 0.25) is 0 Å². The van der Waals surface area contributed by atoms with Gasteiger partial charge in [-0.05, 0) is 0 Å². The summed E-state index contributed by atoms with van der Waals surface area (Å²) in [6.45, 7) is 0. The van der Waals surface area contributed by atoms with E-state index in [4.69, 9.17) is 0 Å². The molecule has 0 radical (unpaired) electrons. The summed E-state index contributed by atoms with van der Waals surface area (Å²) in [4.78, 5) is 0. The average Bonchev–Trinajstić information content (AvgIpc) is 2.14. The highest BCUT2D eigenvalue weighted by Gasteiger charge is 1.98. The molecule has 1 nitrogen and oxygen atoms in total. The molecule has 1 rings (SSSR count). The van der Waals surface area contributed by atoms with Crippen LogP contribution >= 0.6 is 9.03 Å². The van der Waals surface area contributed by atoms with E-state index in [0.29, 0.717) is 6.04 Å². The van der Waals surface area contributed by atoms with Crippen LogP contribution in [0.3, 0.4) is 0 Å². The molecular weight excluding hydrogens is 105 g/mol. The highest BCUT2D eigenvalue weighted by molar-refractivity contribution is 7.04. The second-order valence-corrected chi connectivity index (χ2v) is 1.71. The SMILES string of the molecule is [PH2+]=NC1C=CC=C1. The third-order valence-electron chi connectivity index (χ3n) is 0.900. The van der Waals surface area contributed by atoms with Gasteiger partial charge in [0.25, 0.3) is 0 Å². The third-order valence-corrected chi connectivity index (χ3v) is 1.24. The normalized spacial score (nSPS) is 18.3. The van der Waals surface area contributed by atoms with E-state index in [9.17, 15) is 0 Å². The van der Waals surface area contributed by atoms with Crippen molar-refractivity contribution in [2.75, 3.05) is 0 Å². The summed E-state index contributed by atoms with van der Waals surface area (Å²) in [5.74, 6) is 0. The van der Waals surface area contributed by atoms with E-state index in [1.54, 1.807) is 0 Å². The highest BCUT2D eigenvalue weighted by Crippen LogP contribution is 2.03. The first-order valence-corrected chi connectivity index (χ1v) is 2.70. The summed E-state index contributed by atoms with van der Waals surface area (Å²) in [6.07, 6.45) is 8.07. The van der Waals surface area contributed by atoms with Crippen molar-refractivity contribution in [2.45, 2.75) is 6.04 Å². The summed E-state index contributed by atoms with van der Waals surface area (Å²) in [5.41, 5.74) is 0. The number of nitrogens with zero attached hydrogens (tertiary/aromatic N) is 1. The lowest BCUT2D eigenvalue weighted by atomic mass is 10.4. The average molecular weight is 112 g/mol. The first kappa shape index (κ1) is 4.73. The number of rotatable bonds is 1. The first-order valence-electron chi connectivity index (χ1n) is 2.18. The maximum atomic E-state index is 3.93. The second kappa shape index (κ2) is 2.04. The van der Waals surface area contributed by atoms with Crippen LogP contribution in [0.1, 0.15) is 0 Å². The van der Waals surface area contributed by atoms with Gasteiger partial charge in [-0.15, -0.1) is 4.74 Å².